The van der Waals surface area contributed by atoms with E-state index in [9.17, 15) is 14.9 Å². The molecule has 0 radical (unpaired) electrons. The fraction of sp³-hybridized carbons (Fsp3) is 0.364. The van der Waals surface area contributed by atoms with Crippen LogP contribution < -0.4 is 5.32 Å². The second kappa shape index (κ2) is 6.32. The van der Waals surface area contributed by atoms with Crippen LogP contribution in [0.15, 0.2) is 18.2 Å². The van der Waals surface area contributed by atoms with Crippen LogP contribution in [0.1, 0.15) is 17.3 Å². The minimum atomic E-state index is -0.568. The van der Waals surface area contributed by atoms with Crippen molar-refractivity contribution in [3.05, 3.63) is 38.9 Å². The van der Waals surface area contributed by atoms with Gasteiger partial charge in [-0.3, -0.25) is 14.9 Å². The molecule has 18 heavy (non-hydrogen) atoms. The molecule has 1 aromatic rings. The second-order valence-electron chi connectivity index (χ2n) is 3.75. The zero-order valence-electron chi connectivity index (χ0n) is 9.97. The molecule has 0 spiro atoms. The minimum Gasteiger partial charge on any atom is -0.383 e. The molecule has 0 aliphatic heterocycles. The number of halogens is 1. The molecule has 1 aromatic carbocycles. The molecule has 0 heterocycles. The number of rotatable bonds is 5. The van der Waals surface area contributed by atoms with Crippen LogP contribution in [0.25, 0.3) is 0 Å². The lowest BCUT2D eigenvalue weighted by molar-refractivity contribution is -0.384. The van der Waals surface area contributed by atoms with E-state index in [0.29, 0.717) is 6.61 Å². The third kappa shape index (κ3) is 3.68. The van der Waals surface area contributed by atoms with Crippen LogP contribution in [0.4, 0.5) is 5.69 Å². The Morgan fingerprint density at radius 3 is 2.78 bits per heavy atom. The molecule has 0 fully saturated rings. The third-order valence-corrected chi connectivity index (χ3v) is 2.51. The zero-order valence-corrected chi connectivity index (χ0v) is 10.7. The summed E-state index contributed by atoms with van der Waals surface area (Å²) in [4.78, 5) is 21.8. The molecule has 98 valence electrons. The molecule has 0 bridgehead atoms. The highest BCUT2D eigenvalue weighted by molar-refractivity contribution is 6.34. The van der Waals surface area contributed by atoms with Gasteiger partial charge < -0.3 is 10.1 Å². The number of nitro benzene ring substituents is 1. The maximum atomic E-state index is 11.8. The number of hydrogen-bond donors (Lipinski definition) is 1. The van der Waals surface area contributed by atoms with Crippen molar-refractivity contribution in [3.63, 3.8) is 0 Å². The summed E-state index contributed by atoms with van der Waals surface area (Å²) in [6.07, 6.45) is 0. The highest BCUT2D eigenvalue weighted by Crippen LogP contribution is 2.22. The summed E-state index contributed by atoms with van der Waals surface area (Å²) in [6, 6.07) is 3.54. The molecular weight excluding hydrogens is 260 g/mol. The van der Waals surface area contributed by atoms with E-state index < -0.39 is 4.92 Å². The molecule has 1 N–H and O–H groups in total. The van der Waals surface area contributed by atoms with Gasteiger partial charge in [0, 0.05) is 25.3 Å². The van der Waals surface area contributed by atoms with Gasteiger partial charge in [0.25, 0.3) is 11.6 Å². The van der Waals surface area contributed by atoms with Crippen molar-refractivity contribution in [2.24, 2.45) is 0 Å². The predicted octanol–water partition coefficient (Wildman–Crippen LogP) is 2.01. The Kier molecular flexibility index (Phi) is 5.06. The fourth-order valence-corrected chi connectivity index (χ4v) is 1.66. The van der Waals surface area contributed by atoms with Crippen LogP contribution >= 0.6 is 11.6 Å². The van der Waals surface area contributed by atoms with E-state index in [2.05, 4.69) is 5.32 Å². The van der Waals surface area contributed by atoms with Gasteiger partial charge in [0.15, 0.2) is 0 Å². The average molecular weight is 273 g/mol. The number of amides is 1. The van der Waals surface area contributed by atoms with E-state index in [1.54, 1.807) is 6.92 Å². The van der Waals surface area contributed by atoms with Gasteiger partial charge in [-0.05, 0) is 13.0 Å². The zero-order chi connectivity index (χ0) is 13.7. The molecule has 1 rings (SSSR count). The number of ether oxygens (including phenoxy) is 1. The summed E-state index contributed by atoms with van der Waals surface area (Å²) in [5.41, 5.74) is 0.0479. The lowest BCUT2D eigenvalue weighted by Crippen LogP contribution is -2.35. The molecular formula is C11H13ClN2O4. The Labute approximate surface area is 109 Å². The van der Waals surface area contributed by atoms with E-state index >= 15 is 0 Å². The number of methoxy groups -OCH3 is 1. The standard InChI is InChI=1S/C11H13ClN2O4/c1-7(6-18-2)13-11(15)9-4-3-8(14(16)17)5-10(9)12/h3-5,7H,6H2,1-2H3,(H,13,15)/t7-/m1/s1. The van der Waals surface area contributed by atoms with Crippen molar-refractivity contribution in [2.75, 3.05) is 13.7 Å². The van der Waals surface area contributed by atoms with Gasteiger partial charge in [0.2, 0.25) is 0 Å². The van der Waals surface area contributed by atoms with Crippen LogP contribution in [0.5, 0.6) is 0 Å². The van der Waals surface area contributed by atoms with Crippen LogP contribution in [0.3, 0.4) is 0 Å². The number of benzene rings is 1. The maximum absolute atomic E-state index is 11.8. The van der Waals surface area contributed by atoms with E-state index in [4.69, 9.17) is 16.3 Å². The first-order chi connectivity index (χ1) is 8.45. The highest BCUT2D eigenvalue weighted by atomic mass is 35.5. The van der Waals surface area contributed by atoms with Gasteiger partial charge >= 0.3 is 0 Å². The normalized spacial score (nSPS) is 11.9. The first-order valence-electron chi connectivity index (χ1n) is 5.19. The van der Waals surface area contributed by atoms with Crippen molar-refractivity contribution < 1.29 is 14.5 Å². The van der Waals surface area contributed by atoms with Gasteiger partial charge in [-0.1, -0.05) is 11.6 Å². The fourth-order valence-electron chi connectivity index (χ4n) is 1.39. The van der Waals surface area contributed by atoms with Gasteiger partial charge in [-0.25, -0.2) is 0 Å². The summed E-state index contributed by atoms with van der Waals surface area (Å²) in [7, 11) is 1.53. The quantitative estimate of drug-likeness (QED) is 0.657. The summed E-state index contributed by atoms with van der Waals surface area (Å²) < 4.78 is 4.88. The van der Waals surface area contributed by atoms with Gasteiger partial charge in [0.05, 0.1) is 22.1 Å². The maximum Gasteiger partial charge on any atom is 0.270 e. The van der Waals surface area contributed by atoms with E-state index in [1.807, 2.05) is 0 Å². The first-order valence-corrected chi connectivity index (χ1v) is 5.57. The Hall–Kier alpha value is -1.66. The number of carbonyl (C=O) groups excluding carboxylic acids is 1. The molecule has 0 aliphatic carbocycles. The largest absolute Gasteiger partial charge is 0.383 e. The summed E-state index contributed by atoms with van der Waals surface area (Å²) in [5, 5.41) is 13.2. The molecule has 0 unspecified atom stereocenters. The average Bonchev–Trinajstić information content (AvgIpc) is 2.28. The van der Waals surface area contributed by atoms with E-state index in [1.165, 1.54) is 19.2 Å². The lowest BCUT2D eigenvalue weighted by atomic mass is 10.2. The number of nitro groups is 1. The third-order valence-electron chi connectivity index (χ3n) is 2.20. The number of nitrogens with one attached hydrogen (secondary N) is 1. The molecule has 0 aliphatic rings. The van der Waals surface area contributed by atoms with Crippen molar-refractivity contribution in [1.29, 1.82) is 0 Å². The Morgan fingerprint density at radius 1 is 1.61 bits per heavy atom. The molecule has 1 atom stereocenters. The number of non-ortho nitro benzene ring substituents is 1. The molecule has 7 heteroatoms. The van der Waals surface area contributed by atoms with Crippen LogP contribution in [0, 0.1) is 10.1 Å². The molecule has 6 nitrogen and oxygen atoms in total. The van der Waals surface area contributed by atoms with Gasteiger partial charge in [0.1, 0.15) is 0 Å². The van der Waals surface area contributed by atoms with Crippen molar-refractivity contribution in [3.8, 4) is 0 Å². The summed E-state index contributed by atoms with van der Waals surface area (Å²) >= 11 is 5.83. The second-order valence-corrected chi connectivity index (χ2v) is 4.16. The monoisotopic (exact) mass is 272 g/mol. The first kappa shape index (κ1) is 14.4. The van der Waals surface area contributed by atoms with Gasteiger partial charge in [-0.15, -0.1) is 0 Å². The molecule has 1 amide bonds. The van der Waals surface area contributed by atoms with Crippen molar-refractivity contribution >= 4 is 23.2 Å². The van der Waals surface area contributed by atoms with E-state index in [-0.39, 0.29) is 28.2 Å². The van der Waals surface area contributed by atoms with Gasteiger partial charge in [-0.2, -0.15) is 0 Å². The highest BCUT2D eigenvalue weighted by Gasteiger charge is 2.16. The Morgan fingerprint density at radius 2 is 2.28 bits per heavy atom. The smallest absolute Gasteiger partial charge is 0.270 e. The summed E-state index contributed by atoms with van der Waals surface area (Å²) in [5.74, 6) is -0.389. The number of nitrogens with zero attached hydrogens (tertiary/aromatic N) is 1. The van der Waals surface area contributed by atoms with E-state index in [0.717, 1.165) is 6.07 Å². The number of hydrogen-bond acceptors (Lipinski definition) is 4. The number of carbonyl (C=O) groups is 1. The predicted molar refractivity (Wildman–Crippen MR) is 66.9 cm³/mol. The molecule has 0 saturated carbocycles. The van der Waals surface area contributed by atoms with Crippen LogP contribution in [-0.2, 0) is 4.74 Å². The summed E-state index contributed by atoms with van der Waals surface area (Å²) in [6.45, 7) is 2.15. The Bertz CT molecular complexity index is 464. The van der Waals surface area contributed by atoms with Crippen molar-refractivity contribution in [2.45, 2.75) is 13.0 Å². The SMILES string of the molecule is COC[C@@H](C)NC(=O)c1ccc([N+](=O)[O-])cc1Cl. The lowest BCUT2D eigenvalue weighted by Gasteiger charge is -2.13. The minimum absolute atomic E-state index is 0.0475. The molecule has 0 saturated heterocycles. The topological polar surface area (TPSA) is 81.5 Å². The molecule has 0 aromatic heterocycles. The van der Waals surface area contributed by atoms with Crippen LogP contribution in [-0.4, -0.2) is 30.6 Å². The van der Waals surface area contributed by atoms with Crippen LogP contribution in [0.2, 0.25) is 5.02 Å². The Balaban J connectivity index is 2.84. The van der Waals surface area contributed by atoms with Crippen molar-refractivity contribution in [1.82, 2.24) is 5.32 Å².